The van der Waals surface area contributed by atoms with Gasteiger partial charge >= 0.3 is 5.97 Å². The first-order chi connectivity index (χ1) is 6.65. The van der Waals surface area contributed by atoms with E-state index in [0.29, 0.717) is 4.88 Å². The number of carboxylic acids is 1. The van der Waals surface area contributed by atoms with Gasteiger partial charge in [-0.05, 0) is 17.7 Å². The van der Waals surface area contributed by atoms with Gasteiger partial charge in [-0.15, -0.1) is 23.1 Å². The monoisotopic (exact) mass is 231 g/mol. The molecular formula is C8H9NO3S2. The molecule has 1 aromatic heterocycles. The number of thiophene rings is 1. The molecule has 0 saturated heterocycles. The Balaban J connectivity index is 2.64. The summed E-state index contributed by atoms with van der Waals surface area (Å²) in [6.07, 6.45) is 1.87. The average Bonchev–Trinajstić information content (AvgIpc) is 2.61. The molecule has 76 valence electrons. The van der Waals surface area contributed by atoms with Crippen molar-refractivity contribution < 1.29 is 14.7 Å². The van der Waals surface area contributed by atoms with Crippen molar-refractivity contribution in [2.24, 2.45) is 0 Å². The Morgan fingerprint density at radius 2 is 2.36 bits per heavy atom. The molecule has 0 saturated carbocycles. The molecule has 0 fully saturated rings. The van der Waals surface area contributed by atoms with E-state index >= 15 is 0 Å². The van der Waals surface area contributed by atoms with Crippen LogP contribution in [0.15, 0.2) is 16.3 Å². The molecule has 0 aliphatic heterocycles. The maximum Gasteiger partial charge on any atom is 0.322 e. The third kappa shape index (κ3) is 2.74. The maximum atomic E-state index is 11.4. The largest absolute Gasteiger partial charge is 0.480 e. The van der Waals surface area contributed by atoms with E-state index in [1.54, 1.807) is 0 Å². The van der Waals surface area contributed by atoms with Crippen molar-refractivity contribution >= 4 is 35.0 Å². The first-order valence-electron chi connectivity index (χ1n) is 3.76. The standard InChI is InChI=1S/C8H9NO3S2/c1-13-5-2-3-14-7(5)8(12)9-4-6(10)11/h2-3H,4H2,1H3,(H,9,12)(H,10,11). The van der Waals surface area contributed by atoms with Crippen molar-refractivity contribution in [1.29, 1.82) is 0 Å². The van der Waals surface area contributed by atoms with Crippen LogP contribution in [-0.4, -0.2) is 29.8 Å². The van der Waals surface area contributed by atoms with E-state index in [9.17, 15) is 9.59 Å². The van der Waals surface area contributed by atoms with Crippen LogP contribution in [0.25, 0.3) is 0 Å². The van der Waals surface area contributed by atoms with Gasteiger partial charge in [-0.2, -0.15) is 0 Å². The summed E-state index contributed by atoms with van der Waals surface area (Å²) >= 11 is 2.77. The lowest BCUT2D eigenvalue weighted by Crippen LogP contribution is -2.28. The maximum absolute atomic E-state index is 11.4. The lowest BCUT2D eigenvalue weighted by molar-refractivity contribution is -0.135. The summed E-state index contributed by atoms with van der Waals surface area (Å²) in [6.45, 7) is -0.343. The molecule has 2 N–H and O–H groups in total. The Bertz CT molecular complexity index is 348. The molecular weight excluding hydrogens is 222 g/mol. The van der Waals surface area contributed by atoms with Crippen molar-refractivity contribution in [2.75, 3.05) is 12.8 Å². The number of carbonyl (C=O) groups is 2. The summed E-state index contributed by atoms with van der Waals surface area (Å²) in [6, 6.07) is 1.84. The molecule has 1 rings (SSSR count). The highest BCUT2D eigenvalue weighted by Gasteiger charge is 2.12. The molecule has 0 unspecified atom stereocenters. The van der Waals surface area contributed by atoms with Crippen molar-refractivity contribution in [3.63, 3.8) is 0 Å². The van der Waals surface area contributed by atoms with Crippen LogP contribution >= 0.6 is 23.1 Å². The summed E-state index contributed by atoms with van der Waals surface area (Å²) in [7, 11) is 0. The lowest BCUT2D eigenvalue weighted by atomic mass is 10.4. The lowest BCUT2D eigenvalue weighted by Gasteiger charge is -2.01. The summed E-state index contributed by atoms with van der Waals surface area (Å²) in [5.41, 5.74) is 0. The second kappa shape index (κ2) is 5.02. The minimum atomic E-state index is -1.04. The molecule has 0 bridgehead atoms. The van der Waals surface area contributed by atoms with Gasteiger partial charge < -0.3 is 10.4 Å². The molecule has 0 aliphatic rings. The van der Waals surface area contributed by atoms with Crippen molar-refractivity contribution in [2.45, 2.75) is 4.90 Å². The number of carbonyl (C=O) groups excluding carboxylic acids is 1. The van der Waals surface area contributed by atoms with Crippen LogP contribution in [0.5, 0.6) is 0 Å². The summed E-state index contributed by atoms with van der Waals surface area (Å²) < 4.78 is 0. The summed E-state index contributed by atoms with van der Waals surface area (Å²) in [5, 5.41) is 12.5. The molecule has 1 amide bonds. The van der Waals surface area contributed by atoms with E-state index in [1.165, 1.54) is 23.1 Å². The minimum absolute atomic E-state index is 0.327. The zero-order chi connectivity index (χ0) is 10.6. The first-order valence-corrected chi connectivity index (χ1v) is 5.87. The highest BCUT2D eigenvalue weighted by molar-refractivity contribution is 7.98. The Hall–Kier alpha value is -1.01. The molecule has 1 heterocycles. The second-order valence-electron chi connectivity index (χ2n) is 2.39. The van der Waals surface area contributed by atoms with Gasteiger partial charge in [0.1, 0.15) is 11.4 Å². The fourth-order valence-corrected chi connectivity index (χ4v) is 2.53. The number of hydrogen-bond acceptors (Lipinski definition) is 4. The Morgan fingerprint density at radius 1 is 1.64 bits per heavy atom. The average molecular weight is 231 g/mol. The zero-order valence-electron chi connectivity index (χ0n) is 7.44. The number of hydrogen-bond donors (Lipinski definition) is 2. The van der Waals surface area contributed by atoms with Crippen LogP contribution < -0.4 is 5.32 Å². The number of carboxylic acid groups (broad SMARTS) is 1. The van der Waals surface area contributed by atoms with E-state index < -0.39 is 5.97 Å². The van der Waals surface area contributed by atoms with E-state index in [-0.39, 0.29) is 12.5 Å². The molecule has 1 aromatic rings. The zero-order valence-corrected chi connectivity index (χ0v) is 9.08. The van der Waals surface area contributed by atoms with Crippen LogP contribution in [0.1, 0.15) is 9.67 Å². The smallest absolute Gasteiger partial charge is 0.322 e. The number of aliphatic carboxylic acids is 1. The number of nitrogens with one attached hydrogen (secondary N) is 1. The topological polar surface area (TPSA) is 66.4 Å². The molecule has 0 aliphatic carbocycles. The quantitative estimate of drug-likeness (QED) is 0.766. The fourth-order valence-electron chi connectivity index (χ4n) is 0.860. The van der Waals surface area contributed by atoms with Crippen LogP contribution in [0.4, 0.5) is 0 Å². The molecule has 0 radical (unpaired) electrons. The predicted octanol–water partition coefficient (Wildman–Crippen LogP) is 1.28. The molecule has 14 heavy (non-hydrogen) atoms. The molecule has 0 spiro atoms. The molecule has 0 atom stereocenters. The highest BCUT2D eigenvalue weighted by Crippen LogP contribution is 2.25. The number of rotatable bonds is 4. The molecule has 4 nitrogen and oxygen atoms in total. The fraction of sp³-hybridized carbons (Fsp3) is 0.250. The van der Waals surface area contributed by atoms with Gasteiger partial charge in [-0.25, -0.2) is 0 Å². The highest BCUT2D eigenvalue weighted by atomic mass is 32.2. The predicted molar refractivity (Wildman–Crippen MR) is 56.1 cm³/mol. The van der Waals surface area contributed by atoms with Crippen LogP contribution in [0.3, 0.4) is 0 Å². The van der Waals surface area contributed by atoms with Gasteiger partial charge in [0.15, 0.2) is 0 Å². The molecule has 6 heteroatoms. The van der Waals surface area contributed by atoms with Crippen LogP contribution in [-0.2, 0) is 4.79 Å². The second-order valence-corrected chi connectivity index (χ2v) is 4.16. The SMILES string of the molecule is CSc1ccsc1C(=O)NCC(=O)O. The van der Waals surface area contributed by atoms with E-state index in [0.717, 1.165) is 4.90 Å². The van der Waals surface area contributed by atoms with Gasteiger partial charge in [0.05, 0.1) is 0 Å². The Labute approximate surface area is 89.3 Å². The van der Waals surface area contributed by atoms with E-state index in [2.05, 4.69) is 5.32 Å². The van der Waals surface area contributed by atoms with Crippen molar-refractivity contribution in [3.05, 3.63) is 16.3 Å². The Kier molecular flexibility index (Phi) is 3.97. The van der Waals surface area contributed by atoms with E-state index in [4.69, 9.17) is 5.11 Å². The summed E-state index contributed by atoms with van der Waals surface area (Å²) in [4.78, 5) is 23.1. The Morgan fingerprint density at radius 3 is 2.93 bits per heavy atom. The van der Waals surface area contributed by atoms with Crippen LogP contribution in [0.2, 0.25) is 0 Å². The number of amides is 1. The number of thioether (sulfide) groups is 1. The van der Waals surface area contributed by atoms with Gasteiger partial charge in [-0.3, -0.25) is 9.59 Å². The van der Waals surface area contributed by atoms with Crippen LogP contribution in [0, 0.1) is 0 Å². The van der Waals surface area contributed by atoms with Gasteiger partial charge in [0, 0.05) is 4.90 Å². The molecule has 0 aromatic carbocycles. The summed E-state index contributed by atoms with van der Waals surface area (Å²) in [5.74, 6) is -1.37. The third-order valence-electron chi connectivity index (χ3n) is 1.46. The van der Waals surface area contributed by atoms with Gasteiger partial charge in [0.2, 0.25) is 0 Å². The first kappa shape index (κ1) is 11.1. The third-order valence-corrected chi connectivity index (χ3v) is 3.28. The van der Waals surface area contributed by atoms with Crippen molar-refractivity contribution in [3.8, 4) is 0 Å². The minimum Gasteiger partial charge on any atom is -0.480 e. The van der Waals surface area contributed by atoms with Gasteiger partial charge in [0.25, 0.3) is 5.91 Å². The van der Waals surface area contributed by atoms with Gasteiger partial charge in [-0.1, -0.05) is 0 Å². The normalized spacial score (nSPS) is 9.79. The van der Waals surface area contributed by atoms with Crippen molar-refractivity contribution in [1.82, 2.24) is 5.32 Å². The van der Waals surface area contributed by atoms with E-state index in [1.807, 2.05) is 17.7 Å².